The van der Waals surface area contributed by atoms with E-state index in [1.165, 1.54) is 29.4 Å². The van der Waals surface area contributed by atoms with Crippen LogP contribution in [0.3, 0.4) is 0 Å². The second-order valence-electron chi connectivity index (χ2n) is 8.99. The number of rotatable bonds is 6. The summed E-state index contributed by atoms with van der Waals surface area (Å²) >= 11 is 1.30. The summed E-state index contributed by atoms with van der Waals surface area (Å²) in [5, 5.41) is 22.0. The molecule has 3 aromatic carbocycles. The van der Waals surface area contributed by atoms with Crippen LogP contribution in [0.1, 0.15) is 35.2 Å². The van der Waals surface area contributed by atoms with Crippen molar-refractivity contribution in [3.63, 3.8) is 0 Å². The number of phenolic OH excluding ortho intramolecular Hbond substituents is 1. The van der Waals surface area contributed by atoms with E-state index in [0.717, 1.165) is 21.3 Å². The molecule has 0 aliphatic carbocycles. The van der Waals surface area contributed by atoms with E-state index in [2.05, 4.69) is 0 Å². The van der Waals surface area contributed by atoms with Gasteiger partial charge in [0.2, 0.25) is 0 Å². The molecule has 38 heavy (non-hydrogen) atoms. The minimum absolute atomic E-state index is 0.0774. The Morgan fingerprint density at radius 1 is 1.11 bits per heavy atom. The Morgan fingerprint density at radius 2 is 1.89 bits per heavy atom. The van der Waals surface area contributed by atoms with Crippen molar-refractivity contribution in [2.24, 2.45) is 0 Å². The molecule has 1 saturated heterocycles. The van der Waals surface area contributed by atoms with Gasteiger partial charge < -0.3 is 19.7 Å². The van der Waals surface area contributed by atoms with Crippen molar-refractivity contribution in [1.29, 1.82) is 0 Å². The lowest BCUT2D eigenvalue weighted by molar-refractivity contribution is -0.132. The molecule has 5 rings (SSSR count). The molecule has 0 spiro atoms. The summed E-state index contributed by atoms with van der Waals surface area (Å²) in [4.78, 5) is 33.1. The number of aliphatic hydroxyl groups excluding tert-OH is 1. The molecule has 0 radical (unpaired) electrons. The zero-order valence-electron chi connectivity index (χ0n) is 21.3. The van der Waals surface area contributed by atoms with Crippen molar-refractivity contribution in [1.82, 2.24) is 4.98 Å². The van der Waals surface area contributed by atoms with E-state index in [1.807, 2.05) is 26.0 Å². The van der Waals surface area contributed by atoms with Crippen LogP contribution in [0.4, 0.5) is 5.13 Å². The number of aliphatic hydroxyl groups is 1. The first kappa shape index (κ1) is 25.3. The number of Topliss-reactive ketones (excluding diaryl/α,β-unsaturated/α-hetero) is 1. The Hall–Kier alpha value is -4.37. The topological polar surface area (TPSA) is 109 Å². The first-order valence-corrected chi connectivity index (χ1v) is 12.8. The van der Waals surface area contributed by atoms with Crippen LogP contribution in [0.25, 0.3) is 16.0 Å². The molecular weight excluding hydrogens is 504 g/mol. The van der Waals surface area contributed by atoms with E-state index in [0.29, 0.717) is 28.6 Å². The molecule has 4 aromatic rings. The normalized spacial score (nSPS) is 16.8. The van der Waals surface area contributed by atoms with E-state index in [9.17, 15) is 19.8 Å². The molecule has 194 valence electrons. The molecule has 0 unspecified atom stereocenters. The number of carbonyl (C=O) groups is 2. The molecule has 0 saturated carbocycles. The molecular formula is C29H26N2O6S. The zero-order valence-corrected chi connectivity index (χ0v) is 22.1. The van der Waals surface area contributed by atoms with Gasteiger partial charge in [0.05, 0.1) is 35.5 Å². The van der Waals surface area contributed by atoms with Gasteiger partial charge in [0.1, 0.15) is 11.5 Å². The first-order valence-electron chi connectivity index (χ1n) is 12.0. The Labute approximate surface area is 223 Å². The number of anilines is 1. The molecule has 1 aromatic heterocycles. The predicted octanol–water partition coefficient (Wildman–Crippen LogP) is 5.65. The largest absolute Gasteiger partial charge is 0.507 e. The number of nitrogens with zero attached hydrogens (tertiary/aromatic N) is 2. The minimum atomic E-state index is -1.01. The lowest BCUT2D eigenvalue weighted by atomic mass is 9.95. The van der Waals surface area contributed by atoms with Gasteiger partial charge in [-0.2, -0.15) is 0 Å². The van der Waals surface area contributed by atoms with Crippen molar-refractivity contribution >= 4 is 44.1 Å². The van der Waals surface area contributed by atoms with Crippen LogP contribution < -0.4 is 14.4 Å². The average molecular weight is 531 g/mol. The standard InChI is InChI=1S/C29H26N2O6S/c1-5-37-21-14-17(9-10-20(21)32)25-23(26(33)18-7-6-8-19(13-18)36-4)27(34)28(35)31(25)29-30-24-16(3)11-15(2)12-22(24)38-29/h6-14,25,32-33H,5H2,1-4H3/b26-23+/t25-/m1/s1. The van der Waals surface area contributed by atoms with Gasteiger partial charge in [0, 0.05) is 5.56 Å². The number of hydrogen-bond acceptors (Lipinski definition) is 8. The van der Waals surface area contributed by atoms with Crippen molar-refractivity contribution < 1.29 is 29.3 Å². The first-order chi connectivity index (χ1) is 18.2. The highest BCUT2D eigenvalue weighted by molar-refractivity contribution is 7.22. The SMILES string of the molecule is CCOc1cc([C@@H]2/C(=C(\O)c3cccc(OC)c3)C(=O)C(=O)N2c2nc3c(C)cc(C)cc3s2)ccc1O. The maximum Gasteiger partial charge on any atom is 0.301 e. The van der Waals surface area contributed by atoms with Gasteiger partial charge in [0.15, 0.2) is 16.6 Å². The van der Waals surface area contributed by atoms with Gasteiger partial charge in [-0.1, -0.05) is 35.6 Å². The Bertz CT molecular complexity index is 1620. The van der Waals surface area contributed by atoms with Gasteiger partial charge in [-0.05, 0) is 67.8 Å². The molecule has 1 amide bonds. The summed E-state index contributed by atoms with van der Waals surface area (Å²) in [7, 11) is 1.50. The van der Waals surface area contributed by atoms with E-state index >= 15 is 0 Å². The molecule has 9 heteroatoms. The highest BCUT2D eigenvalue weighted by Crippen LogP contribution is 2.46. The minimum Gasteiger partial charge on any atom is -0.507 e. The Balaban J connectivity index is 1.76. The van der Waals surface area contributed by atoms with Gasteiger partial charge in [-0.25, -0.2) is 4.98 Å². The summed E-state index contributed by atoms with van der Waals surface area (Å²) in [6.07, 6.45) is 0. The third kappa shape index (κ3) is 4.24. The number of carbonyl (C=O) groups excluding carboxylic acids is 2. The lowest BCUT2D eigenvalue weighted by Crippen LogP contribution is -2.29. The summed E-state index contributed by atoms with van der Waals surface area (Å²) in [6, 6.07) is 14.2. The lowest BCUT2D eigenvalue weighted by Gasteiger charge is -2.23. The van der Waals surface area contributed by atoms with Crippen molar-refractivity contribution in [3.8, 4) is 17.2 Å². The van der Waals surface area contributed by atoms with Crippen LogP contribution in [0, 0.1) is 13.8 Å². The zero-order chi connectivity index (χ0) is 27.1. The number of thiazole rings is 1. The van der Waals surface area contributed by atoms with E-state index < -0.39 is 17.7 Å². The van der Waals surface area contributed by atoms with E-state index in [1.54, 1.807) is 43.3 Å². The molecule has 0 bridgehead atoms. The van der Waals surface area contributed by atoms with Crippen molar-refractivity contribution in [2.75, 3.05) is 18.6 Å². The molecule has 1 aliphatic heterocycles. The maximum absolute atomic E-state index is 13.6. The quantitative estimate of drug-likeness (QED) is 0.188. The number of ether oxygens (including phenoxy) is 2. The summed E-state index contributed by atoms with van der Waals surface area (Å²) in [5.41, 5.74) is 3.46. The number of aromatic nitrogens is 1. The van der Waals surface area contributed by atoms with Crippen LogP contribution in [0.15, 0.2) is 60.2 Å². The van der Waals surface area contributed by atoms with E-state index in [4.69, 9.17) is 14.5 Å². The number of benzene rings is 3. The third-order valence-corrected chi connectivity index (χ3v) is 7.41. The molecule has 2 N–H and O–H groups in total. The summed E-state index contributed by atoms with van der Waals surface area (Å²) in [5.74, 6) is -1.37. The van der Waals surface area contributed by atoms with Crippen molar-refractivity contribution in [3.05, 3.63) is 82.4 Å². The highest BCUT2D eigenvalue weighted by Gasteiger charge is 2.48. The van der Waals surface area contributed by atoms with Gasteiger partial charge in [-0.3, -0.25) is 14.5 Å². The summed E-state index contributed by atoms with van der Waals surface area (Å²) < 4.78 is 11.7. The fourth-order valence-electron chi connectivity index (χ4n) is 4.70. The smallest absolute Gasteiger partial charge is 0.301 e. The monoisotopic (exact) mass is 530 g/mol. The second kappa shape index (κ2) is 9.83. The van der Waals surface area contributed by atoms with Gasteiger partial charge in [0.25, 0.3) is 5.78 Å². The van der Waals surface area contributed by atoms with Gasteiger partial charge in [-0.15, -0.1) is 0 Å². The Kier molecular flexibility index (Phi) is 6.54. The fourth-order valence-corrected chi connectivity index (χ4v) is 5.87. The molecule has 2 heterocycles. The Morgan fingerprint density at radius 3 is 2.63 bits per heavy atom. The molecule has 1 fully saturated rings. The average Bonchev–Trinajstić information content (AvgIpc) is 3.43. The number of methoxy groups -OCH3 is 1. The van der Waals surface area contributed by atoms with Crippen LogP contribution in [-0.2, 0) is 9.59 Å². The van der Waals surface area contributed by atoms with E-state index in [-0.39, 0.29) is 22.8 Å². The highest BCUT2D eigenvalue weighted by atomic mass is 32.1. The van der Waals surface area contributed by atoms with Crippen LogP contribution in [0.2, 0.25) is 0 Å². The van der Waals surface area contributed by atoms with Crippen LogP contribution >= 0.6 is 11.3 Å². The number of aromatic hydroxyl groups is 1. The number of aryl methyl sites for hydroxylation is 2. The number of phenols is 1. The van der Waals surface area contributed by atoms with Crippen LogP contribution in [-0.4, -0.2) is 40.6 Å². The molecule has 1 aliphatic rings. The maximum atomic E-state index is 13.6. The third-order valence-electron chi connectivity index (χ3n) is 6.41. The van der Waals surface area contributed by atoms with Crippen LogP contribution in [0.5, 0.6) is 17.2 Å². The number of hydrogen-bond donors (Lipinski definition) is 2. The number of fused-ring (bicyclic) bond motifs is 1. The van der Waals surface area contributed by atoms with Crippen molar-refractivity contribution in [2.45, 2.75) is 26.8 Å². The van der Waals surface area contributed by atoms with Gasteiger partial charge >= 0.3 is 5.91 Å². The summed E-state index contributed by atoms with van der Waals surface area (Å²) in [6.45, 7) is 6.02. The second-order valence-corrected chi connectivity index (χ2v) is 10.00. The molecule has 8 nitrogen and oxygen atoms in total. The predicted molar refractivity (Wildman–Crippen MR) is 146 cm³/mol. The fraction of sp³-hybridized carbons (Fsp3) is 0.207. The number of ketones is 1. The molecule has 1 atom stereocenters. The number of amides is 1.